The number of hydrogen-bond donors (Lipinski definition) is 0. The topological polar surface area (TPSA) is 17.1 Å². The van der Waals surface area contributed by atoms with Crippen LogP contribution in [0.4, 0.5) is 0 Å². The van der Waals surface area contributed by atoms with Crippen molar-refractivity contribution < 1.29 is 4.79 Å². The standard InChI is InChI=1S/C16H16O/c17-16-8-4-3-7-15(16)14-10-9-12-5-1-2-6-13(12)11-14/h1-2,5-6,9-11,15H,3-4,7-8H2/t15-/m0/s1. The molecule has 2 aromatic carbocycles. The van der Waals surface area contributed by atoms with Crippen LogP contribution in [0.1, 0.15) is 37.2 Å². The molecule has 0 heterocycles. The van der Waals surface area contributed by atoms with Gasteiger partial charge in [-0.25, -0.2) is 0 Å². The maximum atomic E-state index is 11.9. The Hall–Kier alpha value is -1.63. The van der Waals surface area contributed by atoms with Crippen LogP contribution < -0.4 is 0 Å². The molecule has 2 aromatic rings. The highest BCUT2D eigenvalue weighted by Crippen LogP contribution is 2.31. The summed E-state index contributed by atoms with van der Waals surface area (Å²) in [5, 5.41) is 2.49. The second-order valence-corrected chi connectivity index (χ2v) is 4.87. The average molecular weight is 224 g/mol. The third kappa shape index (κ3) is 1.97. The molecule has 0 aromatic heterocycles. The van der Waals surface area contributed by atoms with Crippen molar-refractivity contribution in [2.24, 2.45) is 0 Å². The minimum Gasteiger partial charge on any atom is -0.299 e. The number of rotatable bonds is 1. The number of carbonyl (C=O) groups excluding carboxylic acids is 1. The van der Waals surface area contributed by atoms with E-state index < -0.39 is 0 Å². The molecule has 1 aliphatic rings. The van der Waals surface area contributed by atoms with E-state index in [0.717, 1.165) is 19.3 Å². The van der Waals surface area contributed by atoms with Crippen molar-refractivity contribution in [3.05, 3.63) is 48.0 Å². The fourth-order valence-corrected chi connectivity index (χ4v) is 2.76. The second kappa shape index (κ2) is 4.33. The Morgan fingerprint density at radius 1 is 0.941 bits per heavy atom. The zero-order chi connectivity index (χ0) is 11.7. The van der Waals surface area contributed by atoms with Crippen LogP contribution in [0.5, 0.6) is 0 Å². The molecule has 0 radical (unpaired) electrons. The Kier molecular flexibility index (Phi) is 2.68. The molecule has 86 valence electrons. The quantitative estimate of drug-likeness (QED) is 0.713. The van der Waals surface area contributed by atoms with E-state index in [1.165, 1.54) is 22.8 Å². The van der Waals surface area contributed by atoms with E-state index in [0.29, 0.717) is 5.78 Å². The molecule has 1 atom stereocenters. The van der Waals surface area contributed by atoms with Crippen molar-refractivity contribution in [3.8, 4) is 0 Å². The van der Waals surface area contributed by atoms with Gasteiger partial charge in [-0.1, -0.05) is 48.9 Å². The van der Waals surface area contributed by atoms with Gasteiger partial charge in [0, 0.05) is 12.3 Å². The van der Waals surface area contributed by atoms with Crippen molar-refractivity contribution in [3.63, 3.8) is 0 Å². The van der Waals surface area contributed by atoms with Crippen LogP contribution in [0.25, 0.3) is 10.8 Å². The lowest BCUT2D eigenvalue weighted by atomic mass is 9.82. The summed E-state index contributed by atoms with van der Waals surface area (Å²) in [4.78, 5) is 11.9. The Morgan fingerprint density at radius 3 is 2.59 bits per heavy atom. The molecule has 0 bridgehead atoms. The molecule has 1 fully saturated rings. The Bertz CT molecular complexity index is 556. The van der Waals surface area contributed by atoms with Gasteiger partial charge in [-0.2, -0.15) is 0 Å². The van der Waals surface area contributed by atoms with Crippen LogP contribution in [0.2, 0.25) is 0 Å². The van der Waals surface area contributed by atoms with Gasteiger partial charge in [0.25, 0.3) is 0 Å². The van der Waals surface area contributed by atoms with Crippen LogP contribution >= 0.6 is 0 Å². The Balaban J connectivity index is 2.02. The fourth-order valence-electron chi connectivity index (χ4n) is 2.76. The van der Waals surface area contributed by atoms with Crippen LogP contribution in [-0.2, 0) is 4.79 Å². The van der Waals surface area contributed by atoms with Gasteiger partial charge in [-0.15, -0.1) is 0 Å². The molecular weight excluding hydrogens is 208 g/mol. The lowest BCUT2D eigenvalue weighted by molar-refractivity contribution is -0.121. The summed E-state index contributed by atoms with van der Waals surface area (Å²) in [6.45, 7) is 0. The molecule has 0 unspecified atom stereocenters. The summed E-state index contributed by atoms with van der Waals surface area (Å²) in [6, 6.07) is 14.8. The molecule has 0 spiro atoms. The Morgan fingerprint density at radius 2 is 1.76 bits per heavy atom. The molecule has 0 aliphatic heterocycles. The van der Waals surface area contributed by atoms with Crippen molar-refractivity contribution in [1.29, 1.82) is 0 Å². The van der Waals surface area contributed by atoms with Crippen LogP contribution in [-0.4, -0.2) is 5.78 Å². The first-order chi connectivity index (χ1) is 8.34. The van der Waals surface area contributed by atoms with Gasteiger partial charge in [0.15, 0.2) is 0 Å². The zero-order valence-corrected chi connectivity index (χ0v) is 9.86. The molecule has 1 aliphatic carbocycles. The predicted octanol–water partition coefficient (Wildman–Crippen LogP) is 4.07. The third-order valence-corrected chi connectivity index (χ3v) is 3.73. The number of hydrogen-bond acceptors (Lipinski definition) is 1. The van der Waals surface area contributed by atoms with Crippen LogP contribution in [0, 0.1) is 0 Å². The first-order valence-electron chi connectivity index (χ1n) is 6.36. The summed E-state index contributed by atoms with van der Waals surface area (Å²) in [5.74, 6) is 0.569. The molecule has 0 N–H and O–H groups in total. The number of fused-ring (bicyclic) bond motifs is 1. The van der Waals surface area contributed by atoms with E-state index in [1.54, 1.807) is 0 Å². The highest BCUT2D eigenvalue weighted by molar-refractivity contribution is 5.89. The third-order valence-electron chi connectivity index (χ3n) is 3.73. The highest BCUT2D eigenvalue weighted by atomic mass is 16.1. The monoisotopic (exact) mass is 224 g/mol. The molecular formula is C16H16O. The molecule has 1 saturated carbocycles. The number of ketones is 1. The molecule has 17 heavy (non-hydrogen) atoms. The zero-order valence-electron chi connectivity index (χ0n) is 9.86. The molecule has 1 nitrogen and oxygen atoms in total. The van der Waals surface area contributed by atoms with E-state index in [1.807, 2.05) is 6.07 Å². The minimum absolute atomic E-state index is 0.147. The fraction of sp³-hybridized carbons (Fsp3) is 0.312. The van der Waals surface area contributed by atoms with Crippen LogP contribution in [0.15, 0.2) is 42.5 Å². The molecule has 1 heteroatoms. The van der Waals surface area contributed by atoms with Gasteiger partial charge in [-0.05, 0) is 29.2 Å². The molecule has 0 amide bonds. The first-order valence-corrected chi connectivity index (χ1v) is 6.36. The Labute approximate surface area is 101 Å². The van der Waals surface area contributed by atoms with Gasteiger partial charge >= 0.3 is 0 Å². The summed E-state index contributed by atoms with van der Waals surface area (Å²) in [5.41, 5.74) is 1.20. The number of benzene rings is 2. The first kappa shape index (κ1) is 10.5. The lowest BCUT2D eigenvalue weighted by Gasteiger charge is -2.21. The smallest absolute Gasteiger partial charge is 0.140 e. The van der Waals surface area contributed by atoms with Crippen molar-refractivity contribution in [2.75, 3.05) is 0 Å². The lowest BCUT2D eigenvalue weighted by Crippen LogP contribution is -2.16. The van der Waals surface area contributed by atoms with Gasteiger partial charge < -0.3 is 0 Å². The summed E-state index contributed by atoms with van der Waals surface area (Å²) in [6.07, 6.45) is 4.04. The van der Waals surface area contributed by atoms with Crippen molar-refractivity contribution in [1.82, 2.24) is 0 Å². The highest BCUT2D eigenvalue weighted by Gasteiger charge is 2.23. The van der Waals surface area contributed by atoms with E-state index in [-0.39, 0.29) is 5.92 Å². The number of carbonyl (C=O) groups is 1. The van der Waals surface area contributed by atoms with E-state index in [2.05, 4.69) is 36.4 Å². The summed E-state index contributed by atoms with van der Waals surface area (Å²) >= 11 is 0. The van der Waals surface area contributed by atoms with E-state index in [4.69, 9.17) is 0 Å². The van der Waals surface area contributed by atoms with Gasteiger partial charge in [0.05, 0.1) is 0 Å². The normalized spacial score (nSPS) is 20.7. The van der Waals surface area contributed by atoms with Gasteiger partial charge in [0.1, 0.15) is 5.78 Å². The molecule has 3 rings (SSSR count). The minimum atomic E-state index is 0.147. The summed E-state index contributed by atoms with van der Waals surface area (Å²) in [7, 11) is 0. The van der Waals surface area contributed by atoms with Gasteiger partial charge in [-0.3, -0.25) is 4.79 Å². The largest absolute Gasteiger partial charge is 0.299 e. The maximum absolute atomic E-state index is 11.9. The second-order valence-electron chi connectivity index (χ2n) is 4.87. The van der Waals surface area contributed by atoms with Crippen molar-refractivity contribution in [2.45, 2.75) is 31.6 Å². The predicted molar refractivity (Wildman–Crippen MR) is 70.2 cm³/mol. The average Bonchev–Trinajstić information content (AvgIpc) is 2.39. The number of Topliss-reactive ketones (excluding diaryl/α,β-unsaturated/α-hetero) is 1. The van der Waals surface area contributed by atoms with E-state index in [9.17, 15) is 4.79 Å². The van der Waals surface area contributed by atoms with Crippen LogP contribution in [0.3, 0.4) is 0 Å². The van der Waals surface area contributed by atoms with Gasteiger partial charge in [0.2, 0.25) is 0 Å². The maximum Gasteiger partial charge on any atom is 0.140 e. The SMILES string of the molecule is O=C1CCCC[C@H]1c1ccc2ccccc2c1. The van der Waals surface area contributed by atoms with E-state index >= 15 is 0 Å². The van der Waals surface area contributed by atoms with Crippen molar-refractivity contribution >= 4 is 16.6 Å². The summed E-state index contributed by atoms with van der Waals surface area (Å²) < 4.78 is 0. The molecule has 0 saturated heterocycles.